The number of unbranched alkanes of at least 4 members (excludes halogenated alkanes) is 2. The Morgan fingerprint density at radius 3 is 2.65 bits per heavy atom. The molecule has 1 aliphatic carbocycles. The molecule has 2 amide bonds. The van der Waals surface area contributed by atoms with Crippen molar-refractivity contribution < 1.29 is 9.59 Å². The summed E-state index contributed by atoms with van der Waals surface area (Å²) in [6.45, 7) is 4.46. The van der Waals surface area contributed by atoms with E-state index in [2.05, 4.69) is 11.2 Å². The summed E-state index contributed by atoms with van der Waals surface area (Å²) >= 11 is 0. The minimum Gasteiger partial charge on any atom is -0.340 e. The molecule has 2 unspecified atom stereocenters. The maximum atomic E-state index is 12.8. The Morgan fingerprint density at radius 1 is 1.40 bits per heavy atom. The Balaban J connectivity index is 2.09. The zero-order valence-corrected chi connectivity index (χ0v) is 12.4. The molecule has 1 heterocycles. The number of rotatable bonds is 6. The van der Waals surface area contributed by atoms with E-state index in [1.807, 2.05) is 13.8 Å². The molecule has 0 aromatic heterocycles. The van der Waals surface area contributed by atoms with Crippen molar-refractivity contribution in [1.29, 1.82) is 0 Å². The third-order valence-corrected chi connectivity index (χ3v) is 4.52. The normalized spacial score (nSPS) is 30.1. The second kappa shape index (κ2) is 5.87. The SMILES string of the molecule is C#CCCCCN1C(=O)C(C)(C2CC2)NC(=O)C1CC. The summed E-state index contributed by atoms with van der Waals surface area (Å²) in [5.74, 6) is 3.01. The Hall–Kier alpha value is -1.50. The lowest BCUT2D eigenvalue weighted by atomic mass is 9.88. The van der Waals surface area contributed by atoms with E-state index in [0.29, 0.717) is 18.9 Å². The monoisotopic (exact) mass is 276 g/mol. The van der Waals surface area contributed by atoms with Crippen molar-refractivity contribution in [3.63, 3.8) is 0 Å². The van der Waals surface area contributed by atoms with Crippen molar-refractivity contribution in [2.45, 2.75) is 64.0 Å². The van der Waals surface area contributed by atoms with Gasteiger partial charge in [-0.05, 0) is 44.9 Å². The van der Waals surface area contributed by atoms with Gasteiger partial charge < -0.3 is 10.2 Å². The van der Waals surface area contributed by atoms with Gasteiger partial charge in [-0.3, -0.25) is 9.59 Å². The number of hydrogen-bond donors (Lipinski definition) is 1. The summed E-state index contributed by atoms with van der Waals surface area (Å²) in [5.41, 5.74) is -0.686. The molecule has 2 fully saturated rings. The van der Waals surface area contributed by atoms with Crippen LogP contribution in [0.25, 0.3) is 0 Å². The van der Waals surface area contributed by atoms with Gasteiger partial charge in [-0.25, -0.2) is 0 Å². The second-order valence-electron chi connectivity index (χ2n) is 6.05. The smallest absolute Gasteiger partial charge is 0.249 e. The van der Waals surface area contributed by atoms with Gasteiger partial charge in [0.15, 0.2) is 0 Å². The molecule has 20 heavy (non-hydrogen) atoms. The molecular weight excluding hydrogens is 252 g/mol. The molecule has 2 aliphatic rings. The van der Waals surface area contributed by atoms with Gasteiger partial charge in [0, 0.05) is 13.0 Å². The molecule has 110 valence electrons. The first-order valence-corrected chi connectivity index (χ1v) is 7.61. The first-order chi connectivity index (χ1) is 9.54. The van der Waals surface area contributed by atoms with Crippen molar-refractivity contribution in [1.82, 2.24) is 10.2 Å². The summed E-state index contributed by atoms with van der Waals surface area (Å²) in [4.78, 5) is 26.8. The molecule has 0 bridgehead atoms. The van der Waals surface area contributed by atoms with E-state index < -0.39 is 5.54 Å². The molecule has 0 aromatic carbocycles. The fourth-order valence-corrected chi connectivity index (χ4v) is 3.08. The number of nitrogens with one attached hydrogen (secondary N) is 1. The summed E-state index contributed by atoms with van der Waals surface area (Å²) in [5, 5.41) is 2.97. The highest BCUT2D eigenvalue weighted by Crippen LogP contribution is 2.42. The first-order valence-electron chi connectivity index (χ1n) is 7.61. The van der Waals surface area contributed by atoms with Crippen LogP contribution in [-0.4, -0.2) is 34.8 Å². The first kappa shape index (κ1) is 14.9. The number of terminal acetylenes is 1. The number of nitrogens with zero attached hydrogens (tertiary/aromatic N) is 1. The Bertz CT molecular complexity index is 436. The van der Waals surface area contributed by atoms with Crippen LogP contribution in [0.4, 0.5) is 0 Å². The van der Waals surface area contributed by atoms with Crippen LogP contribution in [0.2, 0.25) is 0 Å². The van der Waals surface area contributed by atoms with Crippen LogP contribution < -0.4 is 5.32 Å². The number of carbonyl (C=O) groups is 2. The molecule has 0 spiro atoms. The molecule has 2 atom stereocenters. The lowest BCUT2D eigenvalue weighted by Gasteiger charge is -2.44. The van der Waals surface area contributed by atoms with E-state index in [0.717, 1.165) is 32.1 Å². The largest absolute Gasteiger partial charge is 0.340 e. The Morgan fingerprint density at radius 2 is 2.10 bits per heavy atom. The zero-order chi connectivity index (χ0) is 14.8. The fraction of sp³-hybridized carbons (Fsp3) is 0.750. The van der Waals surface area contributed by atoms with Gasteiger partial charge in [0.2, 0.25) is 11.8 Å². The molecule has 1 aliphatic heterocycles. The lowest BCUT2D eigenvalue weighted by molar-refractivity contribution is -0.155. The van der Waals surface area contributed by atoms with Crippen molar-refractivity contribution in [3.05, 3.63) is 0 Å². The minimum atomic E-state index is -0.686. The Kier molecular flexibility index (Phi) is 4.37. The zero-order valence-electron chi connectivity index (χ0n) is 12.4. The summed E-state index contributed by atoms with van der Waals surface area (Å²) in [6, 6.07) is -0.319. The molecular formula is C16H24N2O2. The van der Waals surface area contributed by atoms with Gasteiger partial charge in [-0.15, -0.1) is 12.3 Å². The standard InChI is InChI=1S/C16H24N2O2/c1-4-6-7-8-11-18-13(5-2)14(19)17-16(3,15(18)20)12-9-10-12/h1,12-13H,5-11H2,2-3H3,(H,17,19). The molecule has 4 nitrogen and oxygen atoms in total. The molecule has 4 heteroatoms. The van der Waals surface area contributed by atoms with Gasteiger partial charge in [0.1, 0.15) is 11.6 Å². The number of piperazine rings is 1. The predicted octanol–water partition coefficient (Wildman–Crippen LogP) is 1.70. The average molecular weight is 276 g/mol. The third kappa shape index (κ3) is 2.67. The minimum absolute atomic E-state index is 0.00144. The third-order valence-electron chi connectivity index (χ3n) is 4.52. The van der Waals surface area contributed by atoms with Crippen LogP contribution in [0, 0.1) is 18.3 Å². The highest BCUT2D eigenvalue weighted by molar-refractivity contribution is 6.00. The Labute approximate surface area is 121 Å². The summed E-state index contributed by atoms with van der Waals surface area (Å²) in [6.07, 6.45) is 10.5. The number of amides is 2. The van der Waals surface area contributed by atoms with Crippen LogP contribution >= 0.6 is 0 Å². The number of carbonyl (C=O) groups excluding carboxylic acids is 2. The van der Waals surface area contributed by atoms with Crippen molar-refractivity contribution in [3.8, 4) is 12.3 Å². The van der Waals surface area contributed by atoms with Crippen LogP contribution in [0.3, 0.4) is 0 Å². The maximum absolute atomic E-state index is 12.8. The van der Waals surface area contributed by atoms with Crippen LogP contribution in [0.15, 0.2) is 0 Å². The van der Waals surface area contributed by atoms with E-state index in [1.165, 1.54) is 0 Å². The van der Waals surface area contributed by atoms with Gasteiger partial charge >= 0.3 is 0 Å². The van der Waals surface area contributed by atoms with Gasteiger partial charge in [-0.2, -0.15) is 0 Å². The topological polar surface area (TPSA) is 49.4 Å². The van der Waals surface area contributed by atoms with Crippen LogP contribution in [0.1, 0.15) is 52.4 Å². The van der Waals surface area contributed by atoms with E-state index in [9.17, 15) is 9.59 Å². The van der Waals surface area contributed by atoms with Crippen LogP contribution in [0.5, 0.6) is 0 Å². The molecule has 0 radical (unpaired) electrons. The van der Waals surface area contributed by atoms with Gasteiger partial charge in [0.25, 0.3) is 0 Å². The molecule has 1 N–H and O–H groups in total. The average Bonchev–Trinajstić information content (AvgIpc) is 3.24. The lowest BCUT2D eigenvalue weighted by Crippen LogP contribution is -2.70. The molecule has 1 saturated heterocycles. The second-order valence-corrected chi connectivity index (χ2v) is 6.05. The summed E-state index contributed by atoms with van der Waals surface area (Å²) in [7, 11) is 0. The van der Waals surface area contributed by atoms with E-state index in [-0.39, 0.29) is 17.9 Å². The quantitative estimate of drug-likeness (QED) is 0.593. The van der Waals surface area contributed by atoms with E-state index in [1.54, 1.807) is 4.90 Å². The number of hydrogen-bond acceptors (Lipinski definition) is 2. The summed E-state index contributed by atoms with van der Waals surface area (Å²) < 4.78 is 0. The maximum Gasteiger partial charge on any atom is 0.249 e. The van der Waals surface area contributed by atoms with E-state index >= 15 is 0 Å². The highest BCUT2D eigenvalue weighted by atomic mass is 16.2. The van der Waals surface area contributed by atoms with Gasteiger partial charge in [-0.1, -0.05) is 6.92 Å². The van der Waals surface area contributed by atoms with Crippen molar-refractivity contribution in [2.75, 3.05) is 6.54 Å². The van der Waals surface area contributed by atoms with E-state index in [4.69, 9.17) is 6.42 Å². The molecule has 2 rings (SSSR count). The molecule has 0 aromatic rings. The van der Waals surface area contributed by atoms with Crippen molar-refractivity contribution >= 4 is 11.8 Å². The van der Waals surface area contributed by atoms with Gasteiger partial charge in [0.05, 0.1) is 0 Å². The van der Waals surface area contributed by atoms with Crippen molar-refractivity contribution in [2.24, 2.45) is 5.92 Å². The molecule has 1 saturated carbocycles. The van der Waals surface area contributed by atoms with Crippen LogP contribution in [-0.2, 0) is 9.59 Å². The predicted molar refractivity (Wildman–Crippen MR) is 77.7 cm³/mol. The fourth-order valence-electron chi connectivity index (χ4n) is 3.08. The highest BCUT2D eigenvalue weighted by Gasteiger charge is 2.54.